The Kier molecular flexibility index (Phi) is 4.80. The molecule has 0 aliphatic rings. The maximum Gasteiger partial charge on any atom is 0.0591 e. The summed E-state index contributed by atoms with van der Waals surface area (Å²) in [5, 5.41) is 4.37. The molecule has 2 rings (SSSR count). The van der Waals surface area contributed by atoms with Gasteiger partial charge in [-0.1, -0.05) is 67.1 Å². The summed E-state index contributed by atoms with van der Waals surface area (Å²) in [6, 6.07) is 18.6. The number of rotatable bonds is 5. The lowest BCUT2D eigenvalue weighted by Gasteiger charge is -2.20. The highest BCUT2D eigenvalue weighted by Gasteiger charge is 2.15. The number of hydrogen-bond acceptors (Lipinski definition) is 1. The van der Waals surface area contributed by atoms with Gasteiger partial charge in [-0.25, -0.2) is 0 Å². The SMILES string of the molecule is CCCNC(c1ccccc1)c1ccccc1Cl. The zero-order valence-corrected chi connectivity index (χ0v) is 11.3. The van der Waals surface area contributed by atoms with Gasteiger partial charge in [-0.05, 0) is 30.2 Å². The fourth-order valence-corrected chi connectivity index (χ4v) is 2.30. The van der Waals surface area contributed by atoms with Crippen molar-refractivity contribution in [1.29, 1.82) is 0 Å². The Hall–Kier alpha value is -1.31. The summed E-state index contributed by atoms with van der Waals surface area (Å²) in [6.45, 7) is 3.15. The van der Waals surface area contributed by atoms with E-state index in [0.29, 0.717) is 0 Å². The van der Waals surface area contributed by atoms with E-state index in [0.717, 1.165) is 23.6 Å². The van der Waals surface area contributed by atoms with Crippen molar-refractivity contribution >= 4 is 11.6 Å². The standard InChI is InChI=1S/C16H18ClN/c1-2-12-18-16(13-8-4-3-5-9-13)14-10-6-7-11-15(14)17/h3-11,16,18H,2,12H2,1H3. The molecule has 0 aliphatic heterocycles. The van der Waals surface area contributed by atoms with Crippen LogP contribution in [0.3, 0.4) is 0 Å². The van der Waals surface area contributed by atoms with Crippen molar-refractivity contribution in [3.05, 3.63) is 70.7 Å². The van der Waals surface area contributed by atoms with Crippen LogP contribution in [0.25, 0.3) is 0 Å². The van der Waals surface area contributed by atoms with Crippen LogP contribution in [0.1, 0.15) is 30.5 Å². The summed E-state index contributed by atoms with van der Waals surface area (Å²) in [4.78, 5) is 0. The molecule has 94 valence electrons. The van der Waals surface area contributed by atoms with Gasteiger partial charge >= 0.3 is 0 Å². The van der Waals surface area contributed by atoms with Gasteiger partial charge in [0.25, 0.3) is 0 Å². The van der Waals surface area contributed by atoms with Crippen molar-refractivity contribution in [3.63, 3.8) is 0 Å². The van der Waals surface area contributed by atoms with E-state index in [2.05, 4.69) is 42.6 Å². The summed E-state index contributed by atoms with van der Waals surface area (Å²) >= 11 is 6.31. The van der Waals surface area contributed by atoms with E-state index in [-0.39, 0.29) is 6.04 Å². The Bertz CT molecular complexity index is 481. The maximum absolute atomic E-state index is 6.31. The van der Waals surface area contributed by atoms with E-state index < -0.39 is 0 Å². The van der Waals surface area contributed by atoms with Crippen molar-refractivity contribution in [2.75, 3.05) is 6.54 Å². The second-order valence-corrected chi connectivity index (χ2v) is 4.73. The third kappa shape index (κ3) is 3.12. The highest BCUT2D eigenvalue weighted by molar-refractivity contribution is 6.31. The molecule has 0 saturated heterocycles. The van der Waals surface area contributed by atoms with Gasteiger partial charge in [0.15, 0.2) is 0 Å². The van der Waals surface area contributed by atoms with E-state index in [4.69, 9.17) is 11.6 Å². The smallest absolute Gasteiger partial charge is 0.0591 e. The molecular weight excluding hydrogens is 242 g/mol. The van der Waals surface area contributed by atoms with Crippen molar-refractivity contribution in [2.24, 2.45) is 0 Å². The first-order chi connectivity index (χ1) is 8.83. The fourth-order valence-electron chi connectivity index (χ4n) is 2.05. The van der Waals surface area contributed by atoms with Crippen LogP contribution in [-0.4, -0.2) is 6.54 Å². The summed E-state index contributed by atoms with van der Waals surface area (Å²) in [7, 11) is 0. The number of nitrogens with one attached hydrogen (secondary N) is 1. The molecule has 0 fully saturated rings. The van der Waals surface area contributed by atoms with E-state index in [1.165, 1.54) is 5.56 Å². The number of benzene rings is 2. The van der Waals surface area contributed by atoms with Gasteiger partial charge in [-0.15, -0.1) is 0 Å². The lowest BCUT2D eigenvalue weighted by molar-refractivity contribution is 0.599. The minimum atomic E-state index is 0.167. The normalized spacial score (nSPS) is 12.3. The molecule has 1 unspecified atom stereocenters. The predicted molar refractivity (Wildman–Crippen MR) is 78.0 cm³/mol. The average Bonchev–Trinajstić information content (AvgIpc) is 2.42. The molecule has 0 heterocycles. The summed E-state index contributed by atoms with van der Waals surface area (Å²) in [5.41, 5.74) is 2.39. The van der Waals surface area contributed by atoms with E-state index >= 15 is 0 Å². The van der Waals surface area contributed by atoms with Crippen LogP contribution in [0.5, 0.6) is 0 Å². The molecule has 0 spiro atoms. The maximum atomic E-state index is 6.31. The van der Waals surface area contributed by atoms with Gasteiger partial charge in [0.2, 0.25) is 0 Å². The molecule has 0 radical (unpaired) electrons. The van der Waals surface area contributed by atoms with Crippen LogP contribution < -0.4 is 5.32 Å². The Morgan fingerprint density at radius 2 is 1.67 bits per heavy atom. The molecule has 18 heavy (non-hydrogen) atoms. The molecule has 2 aromatic rings. The molecular formula is C16H18ClN. The molecule has 0 saturated carbocycles. The summed E-state index contributed by atoms with van der Waals surface area (Å²) in [6.07, 6.45) is 1.10. The molecule has 0 aromatic heterocycles. The summed E-state index contributed by atoms with van der Waals surface area (Å²) in [5.74, 6) is 0. The Labute approximate surface area is 114 Å². The van der Waals surface area contributed by atoms with Gasteiger partial charge in [-0.2, -0.15) is 0 Å². The minimum Gasteiger partial charge on any atom is -0.306 e. The van der Waals surface area contributed by atoms with Gasteiger partial charge in [0.05, 0.1) is 6.04 Å². The first-order valence-electron chi connectivity index (χ1n) is 6.35. The van der Waals surface area contributed by atoms with E-state index in [9.17, 15) is 0 Å². The van der Waals surface area contributed by atoms with Gasteiger partial charge in [0, 0.05) is 5.02 Å². The highest BCUT2D eigenvalue weighted by atomic mass is 35.5. The first kappa shape index (κ1) is 13.1. The Morgan fingerprint density at radius 1 is 1.00 bits per heavy atom. The lowest BCUT2D eigenvalue weighted by Crippen LogP contribution is -2.23. The number of halogens is 1. The van der Waals surface area contributed by atoms with Crippen LogP contribution >= 0.6 is 11.6 Å². The van der Waals surface area contributed by atoms with Crippen molar-refractivity contribution in [3.8, 4) is 0 Å². The third-order valence-electron chi connectivity index (χ3n) is 2.95. The largest absolute Gasteiger partial charge is 0.306 e. The Morgan fingerprint density at radius 3 is 2.33 bits per heavy atom. The van der Waals surface area contributed by atoms with Gasteiger partial charge < -0.3 is 5.32 Å². The second-order valence-electron chi connectivity index (χ2n) is 4.32. The Balaban J connectivity index is 2.34. The van der Waals surface area contributed by atoms with E-state index in [1.54, 1.807) is 0 Å². The molecule has 2 aromatic carbocycles. The number of hydrogen-bond donors (Lipinski definition) is 1. The van der Waals surface area contributed by atoms with Gasteiger partial charge in [-0.3, -0.25) is 0 Å². The van der Waals surface area contributed by atoms with Crippen LogP contribution in [0, 0.1) is 0 Å². The van der Waals surface area contributed by atoms with Crippen LogP contribution in [0.15, 0.2) is 54.6 Å². The topological polar surface area (TPSA) is 12.0 Å². The lowest BCUT2D eigenvalue weighted by atomic mass is 9.98. The molecule has 0 amide bonds. The summed E-state index contributed by atoms with van der Waals surface area (Å²) < 4.78 is 0. The third-order valence-corrected chi connectivity index (χ3v) is 3.29. The molecule has 2 heteroatoms. The van der Waals surface area contributed by atoms with Crippen LogP contribution in [0.2, 0.25) is 5.02 Å². The van der Waals surface area contributed by atoms with Gasteiger partial charge in [0.1, 0.15) is 0 Å². The highest BCUT2D eigenvalue weighted by Crippen LogP contribution is 2.27. The zero-order valence-electron chi connectivity index (χ0n) is 10.6. The monoisotopic (exact) mass is 259 g/mol. The first-order valence-corrected chi connectivity index (χ1v) is 6.73. The van der Waals surface area contributed by atoms with Crippen LogP contribution in [-0.2, 0) is 0 Å². The molecule has 0 bridgehead atoms. The molecule has 1 nitrogen and oxygen atoms in total. The average molecular weight is 260 g/mol. The quantitative estimate of drug-likeness (QED) is 0.838. The zero-order chi connectivity index (χ0) is 12.8. The van der Waals surface area contributed by atoms with Crippen LogP contribution in [0.4, 0.5) is 0 Å². The second kappa shape index (κ2) is 6.58. The minimum absolute atomic E-state index is 0.167. The molecule has 1 N–H and O–H groups in total. The predicted octanol–water partition coefficient (Wildman–Crippen LogP) is 4.43. The fraction of sp³-hybridized carbons (Fsp3) is 0.250. The van der Waals surface area contributed by atoms with Crippen molar-refractivity contribution < 1.29 is 0 Å². The van der Waals surface area contributed by atoms with Crippen molar-refractivity contribution in [1.82, 2.24) is 5.32 Å². The molecule has 1 atom stereocenters. The van der Waals surface area contributed by atoms with E-state index in [1.807, 2.05) is 24.3 Å². The van der Waals surface area contributed by atoms with Crippen molar-refractivity contribution in [2.45, 2.75) is 19.4 Å². The molecule has 0 aliphatic carbocycles.